The summed E-state index contributed by atoms with van der Waals surface area (Å²) in [5.74, 6) is 2.31. The molecule has 0 saturated carbocycles. The number of carbonyl (C=O) groups excluding carboxylic acids is 1. The van der Waals surface area contributed by atoms with Crippen LogP contribution in [0.4, 0.5) is 10.6 Å². The first kappa shape index (κ1) is 21.2. The number of amides is 2. The van der Waals surface area contributed by atoms with Crippen LogP contribution < -0.4 is 25.0 Å². The second kappa shape index (κ2) is 10.3. The molecule has 9 heteroatoms. The van der Waals surface area contributed by atoms with Gasteiger partial charge in [-0.05, 0) is 36.5 Å². The summed E-state index contributed by atoms with van der Waals surface area (Å²) < 4.78 is 10.5. The maximum absolute atomic E-state index is 12.2. The molecule has 1 aliphatic heterocycles. The molecular weight excluding hydrogens is 384 g/mol. The molecule has 0 spiro atoms. The zero-order valence-corrected chi connectivity index (χ0v) is 17.2. The van der Waals surface area contributed by atoms with Crippen molar-refractivity contribution in [3.63, 3.8) is 0 Å². The summed E-state index contributed by atoms with van der Waals surface area (Å²) in [6.07, 6.45) is 4.96. The van der Waals surface area contributed by atoms with Crippen molar-refractivity contribution in [3.05, 3.63) is 41.9 Å². The van der Waals surface area contributed by atoms with Gasteiger partial charge in [0.05, 0.1) is 14.2 Å². The van der Waals surface area contributed by atoms with Gasteiger partial charge in [-0.25, -0.2) is 14.8 Å². The van der Waals surface area contributed by atoms with E-state index in [-0.39, 0.29) is 6.03 Å². The maximum atomic E-state index is 12.2. The molecule has 3 rings (SSSR count). The fourth-order valence-corrected chi connectivity index (χ4v) is 3.46. The van der Waals surface area contributed by atoms with E-state index in [4.69, 9.17) is 9.47 Å². The van der Waals surface area contributed by atoms with Gasteiger partial charge in [-0.1, -0.05) is 6.07 Å². The zero-order valence-electron chi connectivity index (χ0n) is 17.2. The molecule has 2 N–H and O–H groups in total. The maximum Gasteiger partial charge on any atom is 0.315 e. The van der Waals surface area contributed by atoms with Gasteiger partial charge in [0, 0.05) is 38.6 Å². The first-order valence-corrected chi connectivity index (χ1v) is 9.83. The third kappa shape index (κ3) is 5.29. The Morgan fingerprint density at radius 1 is 1.17 bits per heavy atom. The van der Waals surface area contributed by atoms with Crippen LogP contribution in [0.25, 0.3) is 0 Å². The molecule has 0 bridgehead atoms. The molecule has 9 nitrogen and oxygen atoms in total. The molecule has 0 unspecified atom stereocenters. The van der Waals surface area contributed by atoms with Crippen LogP contribution in [0, 0.1) is 17.2 Å². The molecule has 2 heterocycles. The summed E-state index contributed by atoms with van der Waals surface area (Å²) >= 11 is 0. The van der Waals surface area contributed by atoms with Crippen LogP contribution in [0.1, 0.15) is 24.1 Å². The SMILES string of the molecule is COc1ccc(CNC(=O)NCC2CCN(c3nccnc3C#N)CC2)cc1OC. The topological polar surface area (TPSA) is 112 Å². The highest BCUT2D eigenvalue weighted by Crippen LogP contribution is 2.27. The molecule has 1 aromatic heterocycles. The number of nitrogens with zero attached hydrogens (tertiary/aromatic N) is 4. The number of hydrogen-bond acceptors (Lipinski definition) is 7. The van der Waals surface area contributed by atoms with Crippen LogP contribution in [0.5, 0.6) is 11.5 Å². The van der Waals surface area contributed by atoms with Crippen molar-refractivity contribution in [1.29, 1.82) is 5.26 Å². The van der Waals surface area contributed by atoms with Crippen LogP contribution in [0.2, 0.25) is 0 Å². The van der Waals surface area contributed by atoms with Gasteiger partial charge in [0.2, 0.25) is 0 Å². The number of ether oxygens (including phenoxy) is 2. The third-order valence-electron chi connectivity index (χ3n) is 5.15. The monoisotopic (exact) mass is 410 g/mol. The Morgan fingerprint density at radius 2 is 1.90 bits per heavy atom. The van der Waals surface area contributed by atoms with E-state index in [1.807, 2.05) is 18.2 Å². The van der Waals surface area contributed by atoms with Crippen LogP contribution in [0.15, 0.2) is 30.6 Å². The predicted octanol–water partition coefficient (Wildman–Crippen LogP) is 2.08. The molecule has 1 saturated heterocycles. The fourth-order valence-electron chi connectivity index (χ4n) is 3.46. The minimum Gasteiger partial charge on any atom is -0.493 e. The Labute approximate surface area is 176 Å². The van der Waals surface area contributed by atoms with E-state index < -0.39 is 0 Å². The highest BCUT2D eigenvalue weighted by Gasteiger charge is 2.22. The number of rotatable bonds is 7. The van der Waals surface area contributed by atoms with Gasteiger partial charge < -0.3 is 25.0 Å². The van der Waals surface area contributed by atoms with Crippen molar-refractivity contribution in [2.75, 3.05) is 38.8 Å². The molecule has 30 heavy (non-hydrogen) atoms. The van der Waals surface area contributed by atoms with Crippen molar-refractivity contribution < 1.29 is 14.3 Å². The standard InChI is InChI=1S/C21H26N6O3/c1-29-18-4-3-16(11-19(18)30-2)14-26-21(28)25-13-15-5-9-27(10-6-15)20-17(12-22)23-7-8-24-20/h3-4,7-8,11,15H,5-6,9-10,13-14H2,1-2H3,(H2,25,26,28). The van der Waals surface area contributed by atoms with Crippen molar-refractivity contribution in [1.82, 2.24) is 20.6 Å². The van der Waals surface area contributed by atoms with Gasteiger partial charge >= 0.3 is 6.03 Å². The van der Waals surface area contributed by atoms with Gasteiger partial charge in [0.1, 0.15) is 6.07 Å². The number of nitriles is 1. The summed E-state index contributed by atoms with van der Waals surface area (Å²) in [6.45, 7) is 2.57. The summed E-state index contributed by atoms with van der Waals surface area (Å²) in [4.78, 5) is 22.6. The lowest BCUT2D eigenvalue weighted by Crippen LogP contribution is -2.42. The molecule has 0 aliphatic carbocycles. The number of methoxy groups -OCH3 is 2. The quantitative estimate of drug-likeness (QED) is 0.719. The highest BCUT2D eigenvalue weighted by molar-refractivity contribution is 5.73. The average molecular weight is 410 g/mol. The lowest BCUT2D eigenvalue weighted by atomic mass is 9.97. The number of carbonyl (C=O) groups is 1. The second-order valence-electron chi connectivity index (χ2n) is 7.02. The Morgan fingerprint density at radius 3 is 2.60 bits per heavy atom. The van der Waals surface area contributed by atoms with E-state index in [9.17, 15) is 10.1 Å². The Hall–Kier alpha value is -3.54. The Balaban J connectivity index is 1.41. The molecule has 158 valence electrons. The first-order valence-electron chi connectivity index (χ1n) is 9.83. The van der Waals surface area contributed by atoms with Crippen molar-refractivity contribution in [2.45, 2.75) is 19.4 Å². The Kier molecular flexibility index (Phi) is 7.27. The van der Waals surface area contributed by atoms with E-state index in [0.29, 0.717) is 42.0 Å². The minimum absolute atomic E-state index is 0.201. The molecule has 1 fully saturated rings. The molecule has 2 aromatic rings. The molecule has 2 amide bonds. The van der Waals surface area contributed by atoms with E-state index in [0.717, 1.165) is 31.5 Å². The summed E-state index contributed by atoms with van der Waals surface area (Å²) in [7, 11) is 3.17. The number of piperidine rings is 1. The number of nitrogens with one attached hydrogen (secondary N) is 2. The van der Waals surface area contributed by atoms with Crippen molar-refractivity contribution in [3.8, 4) is 17.6 Å². The van der Waals surface area contributed by atoms with Crippen molar-refractivity contribution >= 4 is 11.8 Å². The lowest BCUT2D eigenvalue weighted by molar-refractivity contribution is 0.237. The van der Waals surface area contributed by atoms with Gasteiger partial charge in [-0.3, -0.25) is 0 Å². The van der Waals surface area contributed by atoms with Crippen molar-refractivity contribution in [2.24, 2.45) is 5.92 Å². The first-order chi connectivity index (χ1) is 14.6. The third-order valence-corrected chi connectivity index (χ3v) is 5.15. The van der Waals surface area contributed by atoms with Gasteiger partial charge in [0.25, 0.3) is 0 Å². The number of anilines is 1. The van der Waals surface area contributed by atoms with Crippen LogP contribution in [-0.4, -0.2) is 49.9 Å². The van der Waals surface area contributed by atoms with Crippen LogP contribution >= 0.6 is 0 Å². The average Bonchev–Trinajstić information content (AvgIpc) is 2.81. The fraction of sp³-hybridized carbons (Fsp3) is 0.429. The summed E-state index contributed by atoms with van der Waals surface area (Å²) in [5.41, 5.74) is 1.27. The zero-order chi connectivity index (χ0) is 21.3. The predicted molar refractivity (Wildman–Crippen MR) is 111 cm³/mol. The molecular formula is C21H26N6O3. The summed E-state index contributed by atoms with van der Waals surface area (Å²) in [6, 6.07) is 7.44. The van der Waals surface area contributed by atoms with Gasteiger partial charge in [-0.2, -0.15) is 5.26 Å². The molecule has 0 radical (unpaired) electrons. The van der Waals surface area contributed by atoms with E-state index >= 15 is 0 Å². The van der Waals surface area contributed by atoms with E-state index in [1.54, 1.807) is 20.4 Å². The minimum atomic E-state index is -0.201. The lowest BCUT2D eigenvalue weighted by Gasteiger charge is -2.32. The van der Waals surface area contributed by atoms with E-state index in [2.05, 4.69) is 31.6 Å². The number of benzene rings is 1. The molecule has 1 aliphatic rings. The van der Waals surface area contributed by atoms with E-state index in [1.165, 1.54) is 6.20 Å². The molecule has 0 atom stereocenters. The normalized spacial score (nSPS) is 14.0. The summed E-state index contributed by atoms with van der Waals surface area (Å²) in [5, 5.41) is 15.0. The Bertz CT molecular complexity index is 906. The number of aromatic nitrogens is 2. The smallest absolute Gasteiger partial charge is 0.315 e. The van der Waals surface area contributed by atoms with Gasteiger partial charge in [0.15, 0.2) is 23.0 Å². The van der Waals surface area contributed by atoms with Gasteiger partial charge in [-0.15, -0.1) is 0 Å². The molecule has 1 aromatic carbocycles. The largest absolute Gasteiger partial charge is 0.493 e. The highest BCUT2D eigenvalue weighted by atomic mass is 16.5. The number of hydrogen-bond donors (Lipinski definition) is 2. The second-order valence-corrected chi connectivity index (χ2v) is 7.02. The van der Waals surface area contributed by atoms with Crippen LogP contribution in [-0.2, 0) is 6.54 Å². The number of urea groups is 1. The van der Waals surface area contributed by atoms with Crippen LogP contribution in [0.3, 0.4) is 0 Å².